The number of amides is 2. The van der Waals surface area contributed by atoms with Gasteiger partial charge in [0, 0.05) is 18.2 Å². The van der Waals surface area contributed by atoms with Gasteiger partial charge in [0.15, 0.2) is 0 Å². The summed E-state index contributed by atoms with van der Waals surface area (Å²) >= 11 is 0. The van der Waals surface area contributed by atoms with E-state index in [0.717, 1.165) is 18.9 Å². The van der Waals surface area contributed by atoms with Crippen LogP contribution in [0.2, 0.25) is 0 Å². The Labute approximate surface area is 117 Å². The molecule has 1 rings (SSSR count). The molecule has 2 amide bonds. The molecule has 0 aliphatic heterocycles. The van der Waals surface area contributed by atoms with Gasteiger partial charge in [-0.05, 0) is 19.4 Å². The van der Waals surface area contributed by atoms with E-state index in [-0.39, 0.29) is 12.1 Å². The van der Waals surface area contributed by atoms with E-state index < -0.39 is 23.3 Å². The van der Waals surface area contributed by atoms with Crippen LogP contribution >= 0.6 is 0 Å². The van der Waals surface area contributed by atoms with Crippen LogP contribution in [-0.2, 0) is 5.60 Å². The van der Waals surface area contributed by atoms with Gasteiger partial charge in [-0.1, -0.05) is 19.4 Å². The number of unbranched alkanes of at least 4 members (excludes halogenated alkanes) is 1. The Morgan fingerprint density at radius 2 is 2.05 bits per heavy atom. The summed E-state index contributed by atoms with van der Waals surface area (Å²) in [5.74, 6) is -1.56. The lowest BCUT2D eigenvalue weighted by atomic mass is 9.95. The van der Waals surface area contributed by atoms with Crippen molar-refractivity contribution in [1.29, 1.82) is 0 Å². The first kappa shape index (κ1) is 16.4. The number of benzene rings is 1. The highest BCUT2D eigenvalue weighted by Crippen LogP contribution is 2.23. The lowest BCUT2D eigenvalue weighted by Gasteiger charge is -2.24. The minimum Gasteiger partial charge on any atom is -0.383 e. The molecule has 0 fully saturated rings. The molecule has 0 bridgehead atoms. The monoisotopic (exact) mass is 286 g/mol. The minimum absolute atomic E-state index is 0.0623. The van der Waals surface area contributed by atoms with E-state index in [2.05, 4.69) is 10.6 Å². The highest BCUT2D eigenvalue weighted by atomic mass is 19.1. The van der Waals surface area contributed by atoms with E-state index in [9.17, 15) is 18.7 Å². The first-order valence-corrected chi connectivity index (χ1v) is 6.56. The van der Waals surface area contributed by atoms with Crippen molar-refractivity contribution >= 4 is 6.03 Å². The molecule has 1 aromatic carbocycles. The number of hydrogen-bond donors (Lipinski definition) is 3. The van der Waals surface area contributed by atoms with Crippen LogP contribution in [0.5, 0.6) is 0 Å². The van der Waals surface area contributed by atoms with Crippen LogP contribution < -0.4 is 10.6 Å². The molecule has 3 N–H and O–H groups in total. The third kappa shape index (κ3) is 4.77. The fourth-order valence-corrected chi connectivity index (χ4v) is 1.72. The van der Waals surface area contributed by atoms with Crippen LogP contribution in [0.25, 0.3) is 0 Å². The number of urea groups is 1. The Morgan fingerprint density at radius 1 is 1.35 bits per heavy atom. The molecule has 0 spiro atoms. The summed E-state index contributed by atoms with van der Waals surface area (Å²) in [5, 5.41) is 15.3. The lowest BCUT2D eigenvalue weighted by Crippen LogP contribution is -2.44. The van der Waals surface area contributed by atoms with Gasteiger partial charge in [0.1, 0.15) is 17.2 Å². The molecule has 0 aliphatic carbocycles. The molecule has 4 nitrogen and oxygen atoms in total. The van der Waals surface area contributed by atoms with Crippen molar-refractivity contribution in [2.24, 2.45) is 0 Å². The predicted octanol–water partition coefficient (Wildman–Crippen LogP) is 2.27. The number of hydrogen-bond acceptors (Lipinski definition) is 2. The molecule has 1 unspecified atom stereocenters. The van der Waals surface area contributed by atoms with Crippen LogP contribution in [0.15, 0.2) is 18.2 Å². The molecule has 1 atom stereocenters. The number of carbonyl (C=O) groups excluding carboxylic acids is 1. The standard InChI is InChI=1S/C14H20F2N2O2/c1-3-4-7-17-13(19)18-9-14(2,20)11-6-5-10(15)8-12(11)16/h5-6,8,20H,3-4,7,9H2,1-2H3,(H2,17,18,19). The molecule has 0 saturated carbocycles. The highest BCUT2D eigenvalue weighted by molar-refractivity contribution is 5.73. The van der Waals surface area contributed by atoms with E-state index in [1.165, 1.54) is 13.0 Å². The molecule has 112 valence electrons. The van der Waals surface area contributed by atoms with Gasteiger partial charge in [0.2, 0.25) is 0 Å². The Kier molecular flexibility index (Phi) is 5.88. The summed E-state index contributed by atoms with van der Waals surface area (Å²) in [7, 11) is 0. The first-order chi connectivity index (χ1) is 9.36. The first-order valence-electron chi connectivity index (χ1n) is 6.56. The van der Waals surface area contributed by atoms with Gasteiger partial charge < -0.3 is 15.7 Å². The zero-order chi connectivity index (χ0) is 15.2. The smallest absolute Gasteiger partial charge is 0.314 e. The maximum atomic E-state index is 13.6. The van der Waals surface area contributed by atoms with Gasteiger partial charge in [-0.25, -0.2) is 13.6 Å². The summed E-state index contributed by atoms with van der Waals surface area (Å²) in [4.78, 5) is 11.4. The Hall–Kier alpha value is -1.69. The molecular weight excluding hydrogens is 266 g/mol. The van der Waals surface area contributed by atoms with Crippen LogP contribution in [0.3, 0.4) is 0 Å². The summed E-state index contributed by atoms with van der Waals surface area (Å²) in [6.45, 7) is 3.72. The average molecular weight is 286 g/mol. The Bertz CT molecular complexity index is 464. The molecule has 1 aromatic rings. The molecule has 0 heterocycles. The summed E-state index contributed by atoms with van der Waals surface area (Å²) in [6, 6.07) is 2.50. The van der Waals surface area contributed by atoms with Crippen molar-refractivity contribution in [1.82, 2.24) is 10.6 Å². The maximum absolute atomic E-state index is 13.6. The number of carbonyl (C=O) groups is 1. The number of nitrogens with one attached hydrogen (secondary N) is 2. The quantitative estimate of drug-likeness (QED) is 0.703. The fourth-order valence-electron chi connectivity index (χ4n) is 1.72. The van der Waals surface area contributed by atoms with Crippen molar-refractivity contribution in [3.8, 4) is 0 Å². The van der Waals surface area contributed by atoms with E-state index in [1.807, 2.05) is 6.92 Å². The zero-order valence-electron chi connectivity index (χ0n) is 11.7. The van der Waals surface area contributed by atoms with Crippen LogP contribution in [0.4, 0.5) is 13.6 Å². The minimum atomic E-state index is -1.61. The third-order valence-electron chi connectivity index (χ3n) is 2.92. The van der Waals surface area contributed by atoms with Crippen LogP contribution in [-0.4, -0.2) is 24.2 Å². The topological polar surface area (TPSA) is 61.4 Å². The second kappa shape index (κ2) is 7.19. The molecule has 0 radical (unpaired) electrons. The Morgan fingerprint density at radius 3 is 2.65 bits per heavy atom. The van der Waals surface area contributed by atoms with Crippen molar-refractivity contribution in [2.75, 3.05) is 13.1 Å². The van der Waals surface area contributed by atoms with Gasteiger partial charge in [-0.2, -0.15) is 0 Å². The predicted molar refractivity (Wildman–Crippen MR) is 72.2 cm³/mol. The van der Waals surface area contributed by atoms with Crippen molar-refractivity contribution in [3.05, 3.63) is 35.4 Å². The number of rotatable bonds is 6. The van der Waals surface area contributed by atoms with Crippen LogP contribution in [0.1, 0.15) is 32.3 Å². The molecular formula is C14H20F2N2O2. The summed E-state index contributed by atoms with van der Waals surface area (Å²) in [5.41, 5.74) is -1.67. The van der Waals surface area contributed by atoms with Gasteiger partial charge in [0.25, 0.3) is 0 Å². The van der Waals surface area contributed by atoms with Gasteiger partial charge in [-0.3, -0.25) is 0 Å². The summed E-state index contributed by atoms with van der Waals surface area (Å²) < 4.78 is 26.4. The third-order valence-corrected chi connectivity index (χ3v) is 2.92. The highest BCUT2D eigenvalue weighted by Gasteiger charge is 2.27. The second-order valence-corrected chi connectivity index (χ2v) is 4.86. The SMILES string of the molecule is CCCCNC(=O)NCC(C)(O)c1ccc(F)cc1F. The normalized spacial score (nSPS) is 13.7. The van der Waals surface area contributed by atoms with E-state index in [1.54, 1.807) is 0 Å². The van der Waals surface area contributed by atoms with Crippen LogP contribution in [0, 0.1) is 11.6 Å². The average Bonchev–Trinajstić information content (AvgIpc) is 2.36. The second-order valence-electron chi connectivity index (χ2n) is 4.86. The van der Waals surface area contributed by atoms with Crippen molar-refractivity contribution in [2.45, 2.75) is 32.3 Å². The molecule has 0 saturated heterocycles. The van der Waals surface area contributed by atoms with E-state index in [4.69, 9.17) is 0 Å². The zero-order valence-corrected chi connectivity index (χ0v) is 11.7. The molecule has 0 aromatic heterocycles. The van der Waals surface area contributed by atoms with E-state index in [0.29, 0.717) is 12.6 Å². The number of aliphatic hydroxyl groups is 1. The maximum Gasteiger partial charge on any atom is 0.314 e. The van der Waals surface area contributed by atoms with Gasteiger partial charge >= 0.3 is 6.03 Å². The fraction of sp³-hybridized carbons (Fsp3) is 0.500. The molecule has 6 heteroatoms. The van der Waals surface area contributed by atoms with Crippen molar-refractivity contribution < 1.29 is 18.7 Å². The van der Waals surface area contributed by atoms with Crippen molar-refractivity contribution in [3.63, 3.8) is 0 Å². The lowest BCUT2D eigenvalue weighted by molar-refractivity contribution is 0.0555. The largest absolute Gasteiger partial charge is 0.383 e. The Balaban J connectivity index is 2.58. The van der Waals surface area contributed by atoms with E-state index >= 15 is 0 Å². The number of halogens is 2. The molecule has 20 heavy (non-hydrogen) atoms. The molecule has 0 aliphatic rings. The summed E-state index contributed by atoms with van der Waals surface area (Å²) in [6.07, 6.45) is 1.81. The van der Waals surface area contributed by atoms with Gasteiger partial charge in [0.05, 0.1) is 6.54 Å². The van der Waals surface area contributed by atoms with Gasteiger partial charge in [-0.15, -0.1) is 0 Å².